The van der Waals surface area contributed by atoms with Crippen molar-refractivity contribution in [2.24, 2.45) is 0 Å². The Balaban J connectivity index is 1.58. The SMILES string of the molecule is COc1ccc(CN2CNc3sc4c(c3C2=O)CCCC4)cc1. The number of amides is 1. The Labute approximate surface area is 140 Å². The van der Waals surface area contributed by atoms with Crippen molar-refractivity contribution < 1.29 is 9.53 Å². The van der Waals surface area contributed by atoms with E-state index in [4.69, 9.17) is 4.74 Å². The highest BCUT2D eigenvalue weighted by Gasteiger charge is 2.31. The Morgan fingerprint density at radius 1 is 1.22 bits per heavy atom. The van der Waals surface area contributed by atoms with Crippen LogP contribution in [-0.4, -0.2) is 24.6 Å². The second-order valence-electron chi connectivity index (χ2n) is 6.10. The van der Waals surface area contributed by atoms with Crippen LogP contribution in [0.3, 0.4) is 0 Å². The van der Waals surface area contributed by atoms with Crippen molar-refractivity contribution >= 4 is 22.2 Å². The Morgan fingerprint density at radius 2 is 2.00 bits per heavy atom. The van der Waals surface area contributed by atoms with E-state index in [2.05, 4.69) is 5.32 Å². The van der Waals surface area contributed by atoms with Crippen LogP contribution >= 0.6 is 11.3 Å². The molecule has 120 valence electrons. The molecule has 2 aliphatic rings. The van der Waals surface area contributed by atoms with Gasteiger partial charge in [-0.3, -0.25) is 4.79 Å². The van der Waals surface area contributed by atoms with Crippen molar-refractivity contribution in [3.63, 3.8) is 0 Å². The van der Waals surface area contributed by atoms with Gasteiger partial charge in [-0.1, -0.05) is 12.1 Å². The van der Waals surface area contributed by atoms with E-state index in [-0.39, 0.29) is 5.91 Å². The van der Waals surface area contributed by atoms with Crippen molar-refractivity contribution in [2.45, 2.75) is 32.2 Å². The predicted octanol–water partition coefficient (Wildman–Crippen LogP) is 3.66. The summed E-state index contributed by atoms with van der Waals surface area (Å²) < 4.78 is 5.19. The van der Waals surface area contributed by atoms with Gasteiger partial charge in [-0.25, -0.2) is 0 Å². The average Bonchev–Trinajstić information content (AvgIpc) is 2.97. The number of methoxy groups -OCH3 is 1. The van der Waals surface area contributed by atoms with Gasteiger partial charge in [-0.05, 0) is 48.9 Å². The summed E-state index contributed by atoms with van der Waals surface area (Å²) in [6, 6.07) is 7.92. The lowest BCUT2D eigenvalue weighted by Gasteiger charge is -2.29. The van der Waals surface area contributed by atoms with Crippen LogP contribution in [0.5, 0.6) is 5.75 Å². The maximum Gasteiger partial charge on any atom is 0.258 e. The van der Waals surface area contributed by atoms with Gasteiger partial charge in [0.2, 0.25) is 0 Å². The van der Waals surface area contributed by atoms with Crippen LogP contribution in [0.2, 0.25) is 0 Å². The smallest absolute Gasteiger partial charge is 0.258 e. The number of hydrogen-bond acceptors (Lipinski definition) is 4. The van der Waals surface area contributed by atoms with Crippen LogP contribution in [0.15, 0.2) is 24.3 Å². The maximum absolute atomic E-state index is 12.9. The van der Waals surface area contributed by atoms with Gasteiger partial charge in [0.15, 0.2) is 0 Å². The zero-order valence-electron chi connectivity index (χ0n) is 13.2. The minimum absolute atomic E-state index is 0.175. The number of fused-ring (bicyclic) bond motifs is 3. The van der Waals surface area contributed by atoms with E-state index in [0.29, 0.717) is 13.2 Å². The van der Waals surface area contributed by atoms with E-state index in [0.717, 1.165) is 34.7 Å². The number of anilines is 1. The fraction of sp³-hybridized carbons (Fsp3) is 0.389. The van der Waals surface area contributed by atoms with Gasteiger partial charge >= 0.3 is 0 Å². The number of nitrogens with one attached hydrogen (secondary N) is 1. The number of ether oxygens (including phenoxy) is 1. The van der Waals surface area contributed by atoms with Crippen molar-refractivity contribution in [1.82, 2.24) is 4.90 Å². The monoisotopic (exact) mass is 328 g/mol. The minimum atomic E-state index is 0.175. The first-order valence-electron chi connectivity index (χ1n) is 8.07. The van der Waals surface area contributed by atoms with Gasteiger partial charge in [0.05, 0.1) is 19.3 Å². The van der Waals surface area contributed by atoms with Gasteiger partial charge < -0.3 is 15.0 Å². The normalized spacial score (nSPS) is 16.6. The van der Waals surface area contributed by atoms with Gasteiger partial charge in [-0.2, -0.15) is 0 Å². The van der Waals surface area contributed by atoms with Crippen LogP contribution in [-0.2, 0) is 19.4 Å². The van der Waals surface area contributed by atoms with Crippen LogP contribution in [0.25, 0.3) is 0 Å². The number of nitrogens with zero attached hydrogens (tertiary/aromatic N) is 1. The molecule has 4 nitrogen and oxygen atoms in total. The largest absolute Gasteiger partial charge is 0.497 e. The highest BCUT2D eigenvalue weighted by Crippen LogP contribution is 2.40. The fourth-order valence-electron chi connectivity index (χ4n) is 3.39. The summed E-state index contributed by atoms with van der Waals surface area (Å²) in [6.45, 7) is 1.21. The third-order valence-corrected chi connectivity index (χ3v) is 5.88. The van der Waals surface area contributed by atoms with Gasteiger partial charge in [-0.15, -0.1) is 11.3 Å². The molecule has 0 saturated carbocycles. The first kappa shape index (κ1) is 14.6. The molecule has 1 aliphatic heterocycles. The summed E-state index contributed by atoms with van der Waals surface area (Å²) in [5, 5.41) is 4.52. The van der Waals surface area contributed by atoms with Crippen molar-refractivity contribution in [3.8, 4) is 5.75 Å². The van der Waals surface area contributed by atoms with E-state index in [1.54, 1.807) is 18.4 Å². The zero-order valence-corrected chi connectivity index (χ0v) is 14.0. The second kappa shape index (κ2) is 5.89. The molecular weight excluding hydrogens is 308 g/mol. The summed E-state index contributed by atoms with van der Waals surface area (Å²) in [6.07, 6.45) is 4.61. The number of hydrogen-bond donors (Lipinski definition) is 1. The van der Waals surface area contributed by atoms with Gasteiger partial charge in [0.1, 0.15) is 10.8 Å². The third kappa shape index (κ3) is 2.59. The molecule has 2 heterocycles. The molecule has 2 aromatic rings. The first-order chi connectivity index (χ1) is 11.3. The van der Waals surface area contributed by atoms with E-state index in [1.807, 2.05) is 29.2 Å². The van der Waals surface area contributed by atoms with Crippen molar-refractivity contribution in [2.75, 3.05) is 19.1 Å². The minimum Gasteiger partial charge on any atom is -0.497 e. The second-order valence-corrected chi connectivity index (χ2v) is 7.21. The molecule has 0 radical (unpaired) electrons. The molecule has 0 spiro atoms. The molecule has 1 amide bonds. The number of rotatable bonds is 3. The molecule has 0 atom stereocenters. The first-order valence-corrected chi connectivity index (χ1v) is 8.88. The third-order valence-electron chi connectivity index (χ3n) is 4.64. The molecule has 0 fully saturated rings. The highest BCUT2D eigenvalue weighted by molar-refractivity contribution is 7.16. The van der Waals surface area contributed by atoms with Crippen molar-refractivity contribution in [3.05, 3.63) is 45.8 Å². The van der Waals surface area contributed by atoms with Crippen LogP contribution in [0.4, 0.5) is 5.00 Å². The maximum atomic E-state index is 12.9. The Morgan fingerprint density at radius 3 is 2.78 bits per heavy atom. The number of thiophene rings is 1. The summed E-state index contributed by atoms with van der Waals surface area (Å²) in [7, 11) is 1.66. The molecule has 23 heavy (non-hydrogen) atoms. The van der Waals surface area contributed by atoms with Crippen LogP contribution in [0, 0.1) is 0 Å². The predicted molar refractivity (Wildman–Crippen MR) is 92.3 cm³/mol. The lowest BCUT2D eigenvalue weighted by atomic mass is 9.94. The lowest BCUT2D eigenvalue weighted by molar-refractivity contribution is 0.0746. The highest BCUT2D eigenvalue weighted by atomic mass is 32.1. The Hall–Kier alpha value is -2.01. The number of aryl methyl sites for hydroxylation is 1. The zero-order chi connectivity index (χ0) is 15.8. The van der Waals surface area contributed by atoms with Gasteiger partial charge in [0.25, 0.3) is 5.91 Å². The van der Waals surface area contributed by atoms with E-state index >= 15 is 0 Å². The summed E-state index contributed by atoms with van der Waals surface area (Å²) in [5.41, 5.74) is 3.35. The molecule has 5 heteroatoms. The topological polar surface area (TPSA) is 41.6 Å². The summed E-state index contributed by atoms with van der Waals surface area (Å²) in [5.74, 6) is 1.01. The standard InChI is InChI=1S/C18H20N2O2S/c1-22-13-8-6-12(7-9-13)10-20-11-19-17-16(18(20)21)14-4-2-3-5-15(14)23-17/h6-9,19H,2-5,10-11H2,1H3. The Bertz CT molecular complexity index is 736. The molecule has 0 unspecified atom stereocenters. The van der Waals surface area contributed by atoms with Crippen molar-refractivity contribution in [1.29, 1.82) is 0 Å². The summed E-state index contributed by atoms with van der Waals surface area (Å²) >= 11 is 1.78. The molecule has 4 rings (SSSR count). The van der Waals surface area contributed by atoms with E-state index < -0.39 is 0 Å². The van der Waals surface area contributed by atoms with Crippen LogP contribution < -0.4 is 10.1 Å². The quantitative estimate of drug-likeness (QED) is 0.935. The lowest BCUT2D eigenvalue weighted by Crippen LogP contribution is -2.39. The summed E-state index contributed by atoms with van der Waals surface area (Å²) in [4.78, 5) is 16.3. The molecule has 1 N–H and O–H groups in total. The van der Waals surface area contributed by atoms with Gasteiger partial charge in [0, 0.05) is 11.4 Å². The number of carbonyl (C=O) groups is 1. The Kier molecular flexibility index (Phi) is 3.73. The molecule has 1 aromatic carbocycles. The van der Waals surface area contributed by atoms with E-state index in [9.17, 15) is 4.79 Å². The molecule has 0 saturated heterocycles. The number of carbonyl (C=O) groups excluding carboxylic acids is 1. The fourth-order valence-corrected chi connectivity index (χ4v) is 4.66. The molecule has 1 aromatic heterocycles. The average molecular weight is 328 g/mol. The molecule has 0 bridgehead atoms. The molecule has 1 aliphatic carbocycles. The number of benzene rings is 1. The van der Waals surface area contributed by atoms with E-state index in [1.165, 1.54) is 23.3 Å². The molecular formula is C18H20N2O2S. The van der Waals surface area contributed by atoms with Crippen LogP contribution in [0.1, 0.15) is 39.2 Å².